The molecule has 2 rings (SSSR count). The fourth-order valence-corrected chi connectivity index (χ4v) is 3.07. The van der Waals surface area contributed by atoms with E-state index in [9.17, 15) is 0 Å². The third-order valence-electron chi connectivity index (χ3n) is 2.45. The first-order valence-corrected chi connectivity index (χ1v) is 7.23. The summed E-state index contributed by atoms with van der Waals surface area (Å²) >= 11 is 5.33. The van der Waals surface area contributed by atoms with Crippen molar-refractivity contribution in [2.24, 2.45) is 0 Å². The highest BCUT2D eigenvalue weighted by Crippen LogP contribution is 2.22. The van der Waals surface area contributed by atoms with Crippen LogP contribution in [-0.4, -0.2) is 11.0 Å². The van der Waals surface area contributed by atoms with Crippen LogP contribution in [0.25, 0.3) is 0 Å². The van der Waals surface area contributed by atoms with Crippen LogP contribution in [0.15, 0.2) is 34.2 Å². The van der Waals surface area contributed by atoms with Gasteiger partial charge in [0.1, 0.15) is 5.82 Å². The number of anilines is 1. The maximum atomic E-state index is 4.39. The van der Waals surface area contributed by atoms with E-state index in [0.29, 0.717) is 6.04 Å². The molecule has 90 valence electrons. The van der Waals surface area contributed by atoms with Gasteiger partial charge in [-0.3, -0.25) is 0 Å². The highest BCUT2D eigenvalue weighted by molar-refractivity contribution is 9.10. The molecule has 0 amide bonds. The second-order valence-corrected chi connectivity index (χ2v) is 6.06. The average Bonchev–Trinajstić information content (AvgIpc) is 2.75. The minimum absolute atomic E-state index is 0.375. The summed E-state index contributed by atoms with van der Waals surface area (Å²) in [4.78, 5) is 5.79. The first kappa shape index (κ1) is 12.6. The first-order valence-electron chi connectivity index (χ1n) is 5.56. The summed E-state index contributed by atoms with van der Waals surface area (Å²) in [7, 11) is 0. The van der Waals surface area contributed by atoms with Crippen molar-refractivity contribution in [3.8, 4) is 0 Å². The molecule has 0 fully saturated rings. The van der Waals surface area contributed by atoms with Gasteiger partial charge in [0.25, 0.3) is 0 Å². The van der Waals surface area contributed by atoms with Gasteiger partial charge in [0.05, 0.1) is 4.47 Å². The van der Waals surface area contributed by atoms with Crippen molar-refractivity contribution in [2.45, 2.75) is 26.3 Å². The molecule has 0 aliphatic rings. The Balaban J connectivity index is 2.00. The zero-order valence-corrected chi connectivity index (χ0v) is 12.3. The van der Waals surface area contributed by atoms with Crippen LogP contribution in [0.1, 0.15) is 17.4 Å². The number of thiophene rings is 1. The van der Waals surface area contributed by atoms with E-state index < -0.39 is 0 Å². The Morgan fingerprint density at radius 2 is 2.35 bits per heavy atom. The maximum Gasteiger partial charge on any atom is 0.140 e. The molecule has 0 saturated heterocycles. The van der Waals surface area contributed by atoms with Gasteiger partial charge in [0, 0.05) is 23.5 Å². The molecule has 0 aliphatic heterocycles. The molecule has 2 aromatic rings. The molecule has 17 heavy (non-hydrogen) atoms. The second-order valence-electron chi connectivity index (χ2n) is 4.17. The van der Waals surface area contributed by atoms with Crippen LogP contribution in [0.5, 0.6) is 0 Å². The Hall–Kier alpha value is -0.870. The Morgan fingerprint density at radius 1 is 1.53 bits per heavy atom. The number of pyridine rings is 1. The zero-order valence-electron chi connectivity index (χ0n) is 9.90. The number of aromatic nitrogens is 1. The number of halogens is 1. The Bertz CT molecular complexity index is 482. The minimum atomic E-state index is 0.375. The van der Waals surface area contributed by atoms with E-state index in [1.54, 1.807) is 11.3 Å². The van der Waals surface area contributed by atoms with Crippen LogP contribution in [0.2, 0.25) is 0 Å². The summed E-state index contributed by atoms with van der Waals surface area (Å²) in [6, 6.07) is 6.71. The van der Waals surface area contributed by atoms with E-state index in [1.807, 2.05) is 13.1 Å². The summed E-state index contributed by atoms with van der Waals surface area (Å²) in [6.45, 7) is 4.21. The molecule has 2 nitrogen and oxygen atoms in total. The minimum Gasteiger partial charge on any atom is -0.366 e. The van der Waals surface area contributed by atoms with Crippen LogP contribution in [0.3, 0.4) is 0 Å². The summed E-state index contributed by atoms with van der Waals surface area (Å²) in [5.74, 6) is 0.916. The van der Waals surface area contributed by atoms with Gasteiger partial charge >= 0.3 is 0 Å². The van der Waals surface area contributed by atoms with Crippen molar-refractivity contribution in [3.63, 3.8) is 0 Å². The van der Waals surface area contributed by atoms with Crippen LogP contribution in [-0.2, 0) is 6.42 Å². The Kier molecular flexibility index (Phi) is 4.18. The number of aryl methyl sites for hydroxylation is 1. The Morgan fingerprint density at radius 3 is 3.00 bits per heavy atom. The molecule has 0 aliphatic carbocycles. The third-order valence-corrected chi connectivity index (χ3v) is 3.95. The molecule has 1 unspecified atom stereocenters. The lowest BCUT2D eigenvalue weighted by atomic mass is 10.2. The maximum absolute atomic E-state index is 4.39. The summed E-state index contributed by atoms with van der Waals surface area (Å²) < 4.78 is 1.02. The highest BCUT2D eigenvalue weighted by Gasteiger charge is 2.07. The molecule has 0 saturated carbocycles. The number of hydrogen-bond acceptors (Lipinski definition) is 3. The molecule has 2 heterocycles. The van der Waals surface area contributed by atoms with E-state index in [1.165, 1.54) is 4.88 Å². The van der Waals surface area contributed by atoms with Crippen molar-refractivity contribution >= 4 is 33.1 Å². The molecule has 0 spiro atoms. The van der Waals surface area contributed by atoms with E-state index in [-0.39, 0.29) is 0 Å². The Labute approximate surface area is 114 Å². The van der Waals surface area contributed by atoms with E-state index >= 15 is 0 Å². The van der Waals surface area contributed by atoms with Gasteiger partial charge in [-0.25, -0.2) is 4.98 Å². The predicted molar refractivity (Wildman–Crippen MR) is 77.8 cm³/mol. The molecule has 0 aromatic carbocycles. The second kappa shape index (κ2) is 5.65. The van der Waals surface area contributed by atoms with Crippen molar-refractivity contribution in [1.29, 1.82) is 0 Å². The molecule has 0 radical (unpaired) electrons. The lowest BCUT2D eigenvalue weighted by molar-refractivity contribution is 0.793. The van der Waals surface area contributed by atoms with Gasteiger partial charge in [0.2, 0.25) is 0 Å². The molecular weight excluding hydrogens is 296 g/mol. The fourth-order valence-electron chi connectivity index (χ4n) is 1.65. The topological polar surface area (TPSA) is 24.9 Å². The van der Waals surface area contributed by atoms with Gasteiger partial charge in [-0.1, -0.05) is 6.07 Å². The third kappa shape index (κ3) is 3.54. The van der Waals surface area contributed by atoms with Gasteiger partial charge in [-0.2, -0.15) is 0 Å². The molecular formula is C13H15BrN2S. The summed E-state index contributed by atoms with van der Waals surface area (Å²) in [6.07, 6.45) is 2.91. The lowest BCUT2D eigenvalue weighted by Crippen LogP contribution is -2.18. The average molecular weight is 311 g/mol. The standard InChI is InChI=1S/C13H15BrN2S/c1-9-6-12(14)13(15-8-9)16-10(2)7-11-4-3-5-17-11/h3-6,8,10H,7H2,1-2H3,(H,15,16). The number of hydrogen-bond donors (Lipinski definition) is 1. The monoisotopic (exact) mass is 310 g/mol. The number of nitrogens with zero attached hydrogens (tertiary/aromatic N) is 1. The first-order chi connectivity index (χ1) is 8.15. The van der Waals surface area contributed by atoms with Crippen LogP contribution < -0.4 is 5.32 Å². The lowest BCUT2D eigenvalue weighted by Gasteiger charge is -2.15. The molecule has 1 N–H and O–H groups in total. The van der Waals surface area contributed by atoms with Gasteiger partial charge in [0.15, 0.2) is 0 Å². The van der Waals surface area contributed by atoms with Crippen LogP contribution in [0.4, 0.5) is 5.82 Å². The van der Waals surface area contributed by atoms with Crippen molar-refractivity contribution < 1.29 is 0 Å². The number of nitrogens with one attached hydrogen (secondary N) is 1. The smallest absolute Gasteiger partial charge is 0.140 e. The van der Waals surface area contributed by atoms with Crippen LogP contribution in [0, 0.1) is 6.92 Å². The van der Waals surface area contributed by atoms with Crippen LogP contribution >= 0.6 is 27.3 Å². The van der Waals surface area contributed by atoms with Crippen molar-refractivity contribution in [3.05, 3.63) is 44.7 Å². The van der Waals surface area contributed by atoms with E-state index in [2.05, 4.69) is 56.7 Å². The fraction of sp³-hybridized carbons (Fsp3) is 0.308. The largest absolute Gasteiger partial charge is 0.366 e. The SMILES string of the molecule is Cc1cnc(NC(C)Cc2cccs2)c(Br)c1. The predicted octanol–water partition coefficient (Wildman–Crippen LogP) is 4.26. The quantitative estimate of drug-likeness (QED) is 0.912. The van der Waals surface area contributed by atoms with Crippen molar-refractivity contribution in [1.82, 2.24) is 4.98 Å². The normalized spacial score (nSPS) is 12.4. The van der Waals surface area contributed by atoms with Gasteiger partial charge in [-0.15, -0.1) is 11.3 Å². The highest BCUT2D eigenvalue weighted by atomic mass is 79.9. The summed E-state index contributed by atoms with van der Waals surface area (Å²) in [5.41, 5.74) is 1.16. The number of rotatable bonds is 4. The molecule has 0 bridgehead atoms. The molecule has 4 heteroatoms. The van der Waals surface area contributed by atoms with E-state index in [0.717, 1.165) is 22.3 Å². The van der Waals surface area contributed by atoms with E-state index in [4.69, 9.17) is 0 Å². The molecule has 2 aromatic heterocycles. The zero-order chi connectivity index (χ0) is 12.3. The van der Waals surface area contributed by atoms with Crippen molar-refractivity contribution in [2.75, 3.05) is 5.32 Å². The summed E-state index contributed by atoms with van der Waals surface area (Å²) in [5, 5.41) is 5.54. The van der Waals surface area contributed by atoms with Gasteiger partial charge < -0.3 is 5.32 Å². The van der Waals surface area contributed by atoms with Gasteiger partial charge in [-0.05, 0) is 52.9 Å². The molecule has 1 atom stereocenters.